The zero-order chi connectivity index (χ0) is 12.1. The fourth-order valence-corrected chi connectivity index (χ4v) is 1.82. The SMILES string of the molecule is CCCC(C)(C)/C=C/N(CC)C(C)(C)C. The number of hydrogen-bond acceptors (Lipinski definition) is 1. The van der Waals surface area contributed by atoms with Gasteiger partial charge < -0.3 is 4.90 Å². The fourth-order valence-electron chi connectivity index (χ4n) is 1.82. The summed E-state index contributed by atoms with van der Waals surface area (Å²) in [6.07, 6.45) is 7.13. The molecule has 0 atom stereocenters. The van der Waals surface area contributed by atoms with Gasteiger partial charge in [0.2, 0.25) is 0 Å². The highest BCUT2D eigenvalue weighted by atomic mass is 15.2. The van der Waals surface area contributed by atoms with E-state index in [4.69, 9.17) is 0 Å². The van der Waals surface area contributed by atoms with Crippen molar-refractivity contribution in [3.63, 3.8) is 0 Å². The van der Waals surface area contributed by atoms with E-state index >= 15 is 0 Å². The van der Waals surface area contributed by atoms with E-state index < -0.39 is 0 Å². The van der Waals surface area contributed by atoms with Crippen molar-refractivity contribution in [1.29, 1.82) is 0 Å². The van der Waals surface area contributed by atoms with Crippen molar-refractivity contribution in [3.05, 3.63) is 12.3 Å². The number of allylic oxidation sites excluding steroid dienone is 1. The molecule has 0 rings (SSSR count). The van der Waals surface area contributed by atoms with Gasteiger partial charge in [0.05, 0.1) is 0 Å². The first-order valence-corrected chi connectivity index (χ1v) is 6.19. The molecule has 0 aromatic rings. The molecule has 0 bridgehead atoms. The van der Waals surface area contributed by atoms with Gasteiger partial charge in [0.25, 0.3) is 0 Å². The quantitative estimate of drug-likeness (QED) is 0.649. The lowest BCUT2D eigenvalue weighted by atomic mass is 9.88. The Morgan fingerprint density at radius 3 is 1.87 bits per heavy atom. The molecule has 15 heavy (non-hydrogen) atoms. The average molecular weight is 211 g/mol. The monoisotopic (exact) mass is 211 g/mol. The molecule has 0 radical (unpaired) electrons. The van der Waals surface area contributed by atoms with Crippen LogP contribution >= 0.6 is 0 Å². The molecule has 1 nitrogen and oxygen atoms in total. The van der Waals surface area contributed by atoms with Gasteiger partial charge in [-0.05, 0) is 45.7 Å². The average Bonchev–Trinajstić information content (AvgIpc) is 2.02. The maximum Gasteiger partial charge on any atom is 0.0312 e. The van der Waals surface area contributed by atoms with E-state index in [1.54, 1.807) is 0 Å². The second-order valence-corrected chi connectivity index (χ2v) is 6.01. The molecule has 0 spiro atoms. The van der Waals surface area contributed by atoms with Crippen molar-refractivity contribution in [2.45, 2.75) is 66.8 Å². The third-order valence-corrected chi connectivity index (χ3v) is 2.80. The molecule has 0 aliphatic heterocycles. The molecule has 0 unspecified atom stereocenters. The van der Waals surface area contributed by atoms with Crippen LogP contribution in [0.15, 0.2) is 12.3 Å². The highest BCUT2D eigenvalue weighted by Gasteiger charge is 2.18. The summed E-state index contributed by atoms with van der Waals surface area (Å²) in [5.41, 5.74) is 0.557. The van der Waals surface area contributed by atoms with Gasteiger partial charge >= 0.3 is 0 Å². The smallest absolute Gasteiger partial charge is 0.0312 e. The normalized spacial score (nSPS) is 13.5. The molecule has 1 heteroatoms. The van der Waals surface area contributed by atoms with Gasteiger partial charge in [0.1, 0.15) is 0 Å². The molecule has 0 aromatic carbocycles. The maximum atomic E-state index is 2.39. The van der Waals surface area contributed by atoms with E-state index in [1.807, 2.05) is 0 Å². The Balaban J connectivity index is 4.48. The molecular formula is C14H29N. The van der Waals surface area contributed by atoms with Crippen LogP contribution in [-0.4, -0.2) is 17.0 Å². The molecule has 0 saturated carbocycles. The topological polar surface area (TPSA) is 3.24 Å². The molecule has 0 heterocycles. The second kappa shape index (κ2) is 5.58. The highest BCUT2D eigenvalue weighted by molar-refractivity contribution is 4.97. The van der Waals surface area contributed by atoms with Gasteiger partial charge in [-0.1, -0.05) is 33.3 Å². The predicted octanol–water partition coefficient (Wildman–Crippen LogP) is 4.45. The summed E-state index contributed by atoms with van der Waals surface area (Å²) in [5.74, 6) is 0. The lowest BCUT2D eigenvalue weighted by Gasteiger charge is -2.34. The summed E-state index contributed by atoms with van der Waals surface area (Å²) in [4.78, 5) is 2.39. The third-order valence-electron chi connectivity index (χ3n) is 2.80. The Kier molecular flexibility index (Phi) is 5.41. The zero-order valence-corrected chi connectivity index (χ0v) is 11.7. The summed E-state index contributed by atoms with van der Waals surface area (Å²) >= 11 is 0. The van der Waals surface area contributed by atoms with Gasteiger partial charge in [-0.3, -0.25) is 0 Å². The van der Waals surface area contributed by atoms with Crippen molar-refractivity contribution < 1.29 is 0 Å². The Morgan fingerprint density at radius 1 is 1.00 bits per heavy atom. The van der Waals surface area contributed by atoms with Crippen LogP contribution in [0.2, 0.25) is 0 Å². The standard InChI is InChI=1S/C14H29N/c1-8-10-14(6,7)11-12-15(9-2)13(3,4)5/h11-12H,8-10H2,1-7H3/b12-11+. The van der Waals surface area contributed by atoms with Crippen molar-refractivity contribution in [2.24, 2.45) is 5.41 Å². The van der Waals surface area contributed by atoms with Crippen molar-refractivity contribution in [3.8, 4) is 0 Å². The van der Waals surface area contributed by atoms with E-state index in [-0.39, 0.29) is 5.54 Å². The van der Waals surface area contributed by atoms with Crippen LogP contribution in [0, 0.1) is 5.41 Å². The maximum absolute atomic E-state index is 2.39. The van der Waals surface area contributed by atoms with E-state index in [9.17, 15) is 0 Å². The van der Waals surface area contributed by atoms with Crippen LogP contribution in [0.25, 0.3) is 0 Å². The zero-order valence-electron chi connectivity index (χ0n) is 11.7. The van der Waals surface area contributed by atoms with Crippen molar-refractivity contribution in [1.82, 2.24) is 4.90 Å². The Labute approximate surface area is 96.6 Å². The molecule has 0 amide bonds. The first-order valence-electron chi connectivity index (χ1n) is 6.19. The van der Waals surface area contributed by atoms with E-state index in [2.05, 4.69) is 65.6 Å². The lowest BCUT2D eigenvalue weighted by molar-refractivity contribution is 0.212. The minimum absolute atomic E-state index is 0.230. The predicted molar refractivity (Wildman–Crippen MR) is 70.0 cm³/mol. The molecule has 0 aromatic heterocycles. The van der Waals surface area contributed by atoms with Crippen LogP contribution in [0.4, 0.5) is 0 Å². The van der Waals surface area contributed by atoms with Crippen LogP contribution in [0.3, 0.4) is 0 Å². The highest BCUT2D eigenvalue weighted by Crippen LogP contribution is 2.25. The molecule has 90 valence electrons. The molecule has 0 N–H and O–H groups in total. The first-order chi connectivity index (χ1) is 6.73. The van der Waals surface area contributed by atoms with Gasteiger partial charge in [0.15, 0.2) is 0 Å². The molecular weight excluding hydrogens is 182 g/mol. The molecule has 0 saturated heterocycles. The van der Waals surface area contributed by atoms with Crippen molar-refractivity contribution >= 4 is 0 Å². The van der Waals surface area contributed by atoms with Gasteiger partial charge in [-0.2, -0.15) is 0 Å². The Bertz CT molecular complexity index is 196. The van der Waals surface area contributed by atoms with Crippen LogP contribution in [-0.2, 0) is 0 Å². The molecule has 0 aliphatic carbocycles. The minimum atomic E-state index is 0.230. The molecule has 0 aliphatic rings. The summed E-state index contributed by atoms with van der Waals surface area (Å²) in [7, 11) is 0. The van der Waals surface area contributed by atoms with Gasteiger partial charge in [-0.25, -0.2) is 0 Å². The van der Waals surface area contributed by atoms with Gasteiger partial charge in [0, 0.05) is 12.1 Å². The van der Waals surface area contributed by atoms with E-state index in [0.717, 1.165) is 6.54 Å². The van der Waals surface area contributed by atoms with Crippen LogP contribution in [0.5, 0.6) is 0 Å². The number of hydrogen-bond donors (Lipinski definition) is 0. The van der Waals surface area contributed by atoms with Gasteiger partial charge in [-0.15, -0.1) is 0 Å². The van der Waals surface area contributed by atoms with E-state index in [1.165, 1.54) is 12.8 Å². The Morgan fingerprint density at radius 2 is 1.53 bits per heavy atom. The summed E-state index contributed by atoms with van der Waals surface area (Å²) < 4.78 is 0. The fraction of sp³-hybridized carbons (Fsp3) is 0.857. The largest absolute Gasteiger partial charge is 0.373 e. The Hall–Kier alpha value is -0.460. The van der Waals surface area contributed by atoms with Crippen LogP contribution < -0.4 is 0 Å². The summed E-state index contributed by atoms with van der Waals surface area (Å²) in [6.45, 7) is 16.9. The van der Waals surface area contributed by atoms with Crippen LogP contribution in [0.1, 0.15) is 61.3 Å². The minimum Gasteiger partial charge on any atom is -0.373 e. The number of nitrogens with zero attached hydrogens (tertiary/aromatic N) is 1. The molecule has 0 fully saturated rings. The number of rotatable bonds is 5. The third kappa shape index (κ3) is 5.86. The van der Waals surface area contributed by atoms with Crippen molar-refractivity contribution in [2.75, 3.05) is 6.54 Å². The summed E-state index contributed by atoms with van der Waals surface area (Å²) in [6, 6.07) is 0. The lowest BCUT2D eigenvalue weighted by Crippen LogP contribution is -2.37. The second-order valence-electron chi connectivity index (χ2n) is 6.01. The summed E-state index contributed by atoms with van der Waals surface area (Å²) in [5, 5.41) is 0. The first kappa shape index (κ1) is 14.5. The van der Waals surface area contributed by atoms with E-state index in [0.29, 0.717) is 5.41 Å².